The quantitative estimate of drug-likeness (QED) is 0.605. The first kappa shape index (κ1) is 15.3. The van der Waals surface area contributed by atoms with Crippen LogP contribution in [0, 0.1) is 12.0 Å². The Hall–Kier alpha value is -1.71. The maximum absolute atomic E-state index is 11.6. The predicted octanol–water partition coefficient (Wildman–Crippen LogP) is 1.40. The van der Waals surface area contributed by atoms with Crippen molar-refractivity contribution in [2.75, 3.05) is 31.0 Å². The van der Waals surface area contributed by atoms with Crippen LogP contribution >= 0.6 is 0 Å². The number of nitrogens with zero attached hydrogens (tertiary/aromatic N) is 1. The molecule has 0 heterocycles. The minimum atomic E-state index is -3.37. The molecule has 0 spiro atoms. The number of sulfonamides is 1. The van der Waals surface area contributed by atoms with Gasteiger partial charge < -0.3 is 9.47 Å². The Kier molecular flexibility index (Phi) is 5.67. The Bertz CT molecular complexity index is 555. The highest BCUT2D eigenvalue weighted by atomic mass is 32.2. The molecule has 0 saturated heterocycles. The van der Waals surface area contributed by atoms with Crippen LogP contribution in [-0.2, 0) is 19.5 Å². The van der Waals surface area contributed by atoms with E-state index in [0.29, 0.717) is 12.3 Å². The third-order valence-electron chi connectivity index (χ3n) is 2.21. The van der Waals surface area contributed by atoms with Crippen LogP contribution in [-0.4, -0.2) is 35.1 Å². The van der Waals surface area contributed by atoms with Gasteiger partial charge in [0.1, 0.15) is 12.8 Å². The lowest BCUT2D eigenvalue weighted by molar-refractivity contribution is 0.210. The van der Waals surface area contributed by atoms with Gasteiger partial charge in [0.15, 0.2) is 0 Å². The lowest BCUT2D eigenvalue weighted by atomic mass is 10.2. The number of ether oxygens (including phenoxy) is 2. The summed E-state index contributed by atoms with van der Waals surface area (Å²) in [5.41, 5.74) is 1.29. The van der Waals surface area contributed by atoms with E-state index in [1.54, 1.807) is 24.3 Å². The van der Waals surface area contributed by atoms with E-state index < -0.39 is 10.0 Å². The molecule has 0 aromatic heterocycles. The Morgan fingerprint density at radius 3 is 2.37 bits per heavy atom. The van der Waals surface area contributed by atoms with E-state index in [2.05, 4.69) is 12.0 Å². The van der Waals surface area contributed by atoms with Gasteiger partial charge in [-0.05, 0) is 37.1 Å². The number of rotatable bonds is 5. The summed E-state index contributed by atoms with van der Waals surface area (Å²) in [5.74, 6) is 2.81. The predicted molar refractivity (Wildman–Crippen MR) is 74.1 cm³/mol. The maximum Gasteiger partial charge on any atom is 0.234 e. The highest BCUT2D eigenvalue weighted by Gasteiger charge is 2.16. The molecule has 0 bridgehead atoms. The SMILES string of the molecule is CCOC#Cc1ccc(N(COC)S(C)(=O)=O)cc1. The third kappa shape index (κ3) is 4.81. The van der Waals surface area contributed by atoms with Crippen LogP contribution in [0.5, 0.6) is 0 Å². The first-order chi connectivity index (χ1) is 8.99. The highest BCUT2D eigenvalue weighted by molar-refractivity contribution is 7.92. The summed E-state index contributed by atoms with van der Waals surface area (Å²) in [6.07, 6.45) is 3.68. The number of hydrogen-bond acceptors (Lipinski definition) is 4. The van der Waals surface area contributed by atoms with E-state index in [1.165, 1.54) is 11.4 Å². The molecule has 0 unspecified atom stereocenters. The van der Waals surface area contributed by atoms with Crippen molar-refractivity contribution < 1.29 is 17.9 Å². The smallest absolute Gasteiger partial charge is 0.234 e. The minimum Gasteiger partial charge on any atom is -0.447 e. The van der Waals surface area contributed by atoms with Crippen LogP contribution in [0.3, 0.4) is 0 Å². The lowest BCUT2D eigenvalue weighted by Gasteiger charge is -2.21. The molecular weight excluding hydrogens is 266 g/mol. The minimum absolute atomic E-state index is 0.0250. The van der Waals surface area contributed by atoms with E-state index in [9.17, 15) is 8.42 Å². The number of benzene rings is 1. The normalized spacial score (nSPS) is 10.5. The molecule has 1 aromatic rings. The lowest BCUT2D eigenvalue weighted by Crippen LogP contribution is -2.31. The Labute approximate surface area is 114 Å². The second-order valence-electron chi connectivity index (χ2n) is 3.74. The van der Waals surface area contributed by atoms with Crippen LogP contribution in [0.2, 0.25) is 0 Å². The number of hydrogen-bond donors (Lipinski definition) is 0. The van der Waals surface area contributed by atoms with E-state index in [4.69, 9.17) is 9.47 Å². The van der Waals surface area contributed by atoms with Gasteiger partial charge in [0.25, 0.3) is 0 Å². The largest absolute Gasteiger partial charge is 0.447 e. The Balaban J connectivity index is 2.94. The summed E-state index contributed by atoms with van der Waals surface area (Å²) in [7, 11) is -1.92. The fourth-order valence-corrected chi connectivity index (χ4v) is 2.16. The van der Waals surface area contributed by atoms with Gasteiger partial charge in [-0.15, -0.1) is 0 Å². The summed E-state index contributed by atoms with van der Waals surface area (Å²) in [5, 5.41) is 0. The topological polar surface area (TPSA) is 55.8 Å². The van der Waals surface area contributed by atoms with E-state index >= 15 is 0 Å². The van der Waals surface area contributed by atoms with Crippen molar-refractivity contribution in [3.63, 3.8) is 0 Å². The molecule has 0 saturated carbocycles. The van der Waals surface area contributed by atoms with Crippen molar-refractivity contribution in [2.45, 2.75) is 6.92 Å². The molecule has 19 heavy (non-hydrogen) atoms. The molecule has 0 fully saturated rings. The summed E-state index contributed by atoms with van der Waals surface area (Å²) in [6.45, 7) is 2.36. The summed E-state index contributed by atoms with van der Waals surface area (Å²) >= 11 is 0. The molecule has 1 rings (SSSR count). The average molecular weight is 283 g/mol. The zero-order chi connectivity index (χ0) is 14.3. The van der Waals surface area contributed by atoms with Gasteiger partial charge in [-0.1, -0.05) is 0 Å². The van der Waals surface area contributed by atoms with Crippen molar-refractivity contribution in [1.82, 2.24) is 0 Å². The molecule has 104 valence electrons. The molecule has 6 heteroatoms. The fourth-order valence-electron chi connectivity index (χ4n) is 1.36. The van der Waals surface area contributed by atoms with E-state index in [0.717, 1.165) is 11.8 Å². The highest BCUT2D eigenvalue weighted by Crippen LogP contribution is 2.17. The van der Waals surface area contributed by atoms with Gasteiger partial charge in [-0.25, -0.2) is 12.7 Å². The monoisotopic (exact) mass is 283 g/mol. The molecule has 0 amide bonds. The van der Waals surface area contributed by atoms with Crippen LogP contribution in [0.1, 0.15) is 12.5 Å². The molecule has 0 atom stereocenters. The van der Waals surface area contributed by atoms with Crippen molar-refractivity contribution in [1.29, 1.82) is 0 Å². The van der Waals surface area contributed by atoms with Crippen molar-refractivity contribution >= 4 is 15.7 Å². The van der Waals surface area contributed by atoms with Crippen molar-refractivity contribution in [3.05, 3.63) is 29.8 Å². The van der Waals surface area contributed by atoms with Gasteiger partial charge in [0, 0.05) is 12.7 Å². The first-order valence-corrected chi connectivity index (χ1v) is 7.53. The summed E-state index contributed by atoms with van der Waals surface area (Å²) < 4.78 is 34.2. The van der Waals surface area contributed by atoms with E-state index in [-0.39, 0.29) is 6.73 Å². The first-order valence-electron chi connectivity index (χ1n) is 5.68. The molecule has 5 nitrogen and oxygen atoms in total. The molecule has 0 aliphatic rings. The Morgan fingerprint density at radius 2 is 1.89 bits per heavy atom. The van der Waals surface area contributed by atoms with Gasteiger partial charge in [-0.2, -0.15) is 0 Å². The standard InChI is InChI=1S/C13H17NO4S/c1-4-18-10-9-12-5-7-13(8-6-12)14(11-17-2)19(3,15)16/h5-8H,4,11H2,1-3H3. The second-order valence-corrected chi connectivity index (χ2v) is 5.64. The number of methoxy groups -OCH3 is 1. The second kappa shape index (κ2) is 7.02. The van der Waals surface area contributed by atoms with Crippen LogP contribution in [0.15, 0.2) is 24.3 Å². The maximum atomic E-state index is 11.6. The zero-order valence-electron chi connectivity index (χ0n) is 11.2. The van der Waals surface area contributed by atoms with Crippen molar-refractivity contribution in [3.8, 4) is 12.0 Å². The zero-order valence-corrected chi connectivity index (χ0v) is 12.0. The molecule has 1 aromatic carbocycles. The van der Waals surface area contributed by atoms with Gasteiger partial charge in [0.05, 0.1) is 18.6 Å². The van der Waals surface area contributed by atoms with Gasteiger partial charge >= 0.3 is 0 Å². The number of anilines is 1. The van der Waals surface area contributed by atoms with Gasteiger partial charge in [0.2, 0.25) is 10.0 Å². The third-order valence-corrected chi connectivity index (χ3v) is 3.33. The van der Waals surface area contributed by atoms with E-state index in [1.807, 2.05) is 6.92 Å². The van der Waals surface area contributed by atoms with Crippen LogP contribution in [0.4, 0.5) is 5.69 Å². The average Bonchev–Trinajstić information content (AvgIpc) is 2.36. The molecule has 0 aliphatic carbocycles. The molecule has 0 N–H and O–H groups in total. The van der Waals surface area contributed by atoms with Crippen LogP contribution < -0.4 is 4.31 Å². The van der Waals surface area contributed by atoms with Crippen LogP contribution in [0.25, 0.3) is 0 Å². The summed E-state index contributed by atoms with van der Waals surface area (Å²) in [6, 6.07) is 6.82. The molecule has 0 aliphatic heterocycles. The Morgan fingerprint density at radius 1 is 1.26 bits per heavy atom. The summed E-state index contributed by atoms with van der Waals surface area (Å²) in [4.78, 5) is 0. The molecular formula is C13H17NO4S. The fraction of sp³-hybridized carbons (Fsp3) is 0.385. The van der Waals surface area contributed by atoms with Gasteiger partial charge in [-0.3, -0.25) is 0 Å². The van der Waals surface area contributed by atoms with Crippen molar-refractivity contribution in [2.24, 2.45) is 0 Å². The molecule has 0 radical (unpaired) electrons.